The number of aliphatic carboxylic acids is 1. The van der Waals surface area contributed by atoms with Gasteiger partial charge in [-0.25, -0.2) is 9.59 Å². The van der Waals surface area contributed by atoms with Gasteiger partial charge in [0.15, 0.2) is 0 Å². The highest BCUT2D eigenvalue weighted by molar-refractivity contribution is 7.10. The normalized spacial score (nSPS) is 13.9. The summed E-state index contributed by atoms with van der Waals surface area (Å²) < 4.78 is 0. The van der Waals surface area contributed by atoms with Gasteiger partial charge in [-0.1, -0.05) is 26.8 Å². The quantitative estimate of drug-likeness (QED) is 0.751. The Hall–Kier alpha value is -1.56. The second-order valence-electron chi connectivity index (χ2n) is 4.65. The summed E-state index contributed by atoms with van der Waals surface area (Å²) in [7, 11) is 0. The number of hydrogen-bond acceptors (Lipinski definition) is 3. The fourth-order valence-electron chi connectivity index (χ4n) is 1.72. The van der Waals surface area contributed by atoms with E-state index in [0.29, 0.717) is 0 Å². The molecular weight excluding hydrogens is 264 g/mol. The molecule has 1 heterocycles. The van der Waals surface area contributed by atoms with E-state index in [1.807, 2.05) is 24.4 Å². The molecular formula is C13H20N2O3S. The first kappa shape index (κ1) is 15.5. The van der Waals surface area contributed by atoms with E-state index >= 15 is 0 Å². The summed E-state index contributed by atoms with van der Waals surface area (Å²) in [5, 5.41) is 16.3. The Morgan fingerprint density at radius 3 is 2.47 bits per heavy atom. The van der Waals surface area contributed by atoms with Gasteiger partial charge in [0.2, 0.25) is 0 Å². The van der Waals surface area contributed by atoms with Gasteiger partial charge in [0, 0.05) is 4.88 Å². The van der Waals surface area contributed by atoms with E-state index < -0.39 is 18.0 Å². The molecule has 19 heavy (non-hydrogen) atoms. The van der Waals surface area contributed by atoms with Crippen molar-refractivity contribution in [3.05, 3.63) is 22.4 Å². The summed E-state index contributed by atoms with van der Waals surface area (Å²) in [5.41, 5.74) is 0. The molecule has 3 N–H and O–H groups in total. The zero-order chi connectivity index (χ0) is 14.4. The van der Waals surface area contributed by atoms with Gasteiger partial charge in [-0.3, -0.25) is 0 Å². The van der Waals surface area contributed by atoms with Crippen LogP contribution in [-0.2, 0) is 4.79 Å². The Balaban J connectivity index is 2.61. The number of nitrogens with one attached hydrogen (secondary N) is 2. The fourth-order valence-corrected chi connectivity index (χ4v) is 2.58. The highest BCUT2D eigenvalue weighted by Gasteiger charge is 2.24. The first-order valence-electron chi connectivity index (χ1n) is 6.29. The summed E-state index contributed by atoms with van der Waals surface area (Å²) in [6.07, 6.45) is 0.757. The van der Waals surface area contributed by atoms with Gasteiger partial charge < -0.3 is 15.7 Å². The number of amides is 2. The molecule has 0 radical (unpaired) electrons. The average molecular weight is 284 g/mol. The van der Waals surface area contributed by atoms with Gasteiger partial charge in [0.05, 0.1) is 6.04 Å². The molecule has 0 saturated carbocycles. The maximum absolute atomic E-state index is 11.8. The second-order valence-corrected chi connectivity index (χ2v) is 5.63. The summed E-state index contributed by atoms with van der Waals surface area (Å²) >= 11 is 1.57. The lowest BCUT2D eigenvalue weighted by Gasteiger charge is -2.21. The fraction of sp³-hybridized carbons (Fsp3) is 0.538. The van der Waals surface area contributed by atoms with E-state index in [-0.39, 0.29) is 12.0 Å². The third-order valence-electron chi connectivity index (χ3n) is 2.82. The van der Waals surface area contributed by atoms with Crippen molar-refractivity contribution in [3.63, 3.8) is 0 Å². The highest BCUT2D eigenvalue weighted by atomic mass is 32.1. The molecule has 0 fully saturated rings. The zero-order valence-corrected chi connectivity index (χ0v) is 12.2. The number of thiophene rings is 1. The first-order chi connectivity index (χ1) is 8.95. The minimum Gasteiger partial charge on any atom is -0.480 e. The number of carbonyl (C=O) groups excluding carboxylic acids is 1. The lowest BCUT2D eigenvalue weighted by Crippen LogP contribution is -2.49. The number of rotatable bonds is 6. The summed E-state index contributed by atoms with van der Waals surface area (Å²) in [6.45, 7) is 5.49. The van der Waals surface area contributed by atoms with Crippen LogP contribution in [0.1, 0.15) is 38.1 Å². The van der Waals surface area contributed by atoms with E-state index in [2.05, 4.69) is 10.6 Å². The topological polar surface area (TPSA) is 78.4 Å². The number of urea groups is 1. The molecule has 0 aliphatic heterocycles. The summed E-state index contributed by atoms with van der Waals surface area (Å²) in [6, 6.07) is 2.48. The van der Waals surface area contributed by atoms with Gasteiger partial charge in [-0.05, 0) is 23.8 Å². The molecule has 1 aromatic rings. The van der Waals surface area contributed by atoms with Crippen molar-refractivity contribution in [1.29, 1.82) is 0 Å². The van der Waals surface area contributed by atoms with Gasteiger partial charge >= 0.3 is 12.0 Å². The molecule has 0 bridgehead atoms. The molecule has 0 aliphatic rings. The van der Waals surface area contributed by atoms with Crippen molar-refractivity contribution in [2.45, 2.75) is 39.3 Å². The summed E-state index contributed by atoms with van der Waals surface area (Å²) in [5.74, 6) is -1.18. The minimum absolute atomic E-state index is 0.0818. The van der Waals surface area contributed by atoms with Crippen LogP contribution in [-0.4, -0.2) is 23.1 Å². The Labute approximate surface area is 117 Å². The third kappa shape index (κ3) is 4.55. The predicted molar refractivity (Wildman–Crippen MR) is 75.3 cm³/mol. The molecule has 2 amide bonds. The molecule has 0 saturated heterocycles. The first-order valence-corrected chi connectivity index (χ1v) is 7.16. The smallest absolute Gasteiger partial charge is 0.326 e. The van der Waals surface area contributed by atoms with Gasteiger partial charge in [0.1, 0.15) is 6.04 Å². The molecule has 2 atom stereocenters. The molecule has 1 rings (SSSR count). The molecule has 106 valence electrons. The van der Waals surface area contributed by atoms with E-state index in [0.717, 1.165) is 11.3 Å². The Morgan fingerprint density at radius 2 is 2.05 bits per heavy atom. The van der Waals surface area contributed by atoms with Crippen LogP contribution in [0.3, 0.4) is 0 Å². The van der Waals surface area contributed by atoms with E-state index in [4.69, 9.17) is 5.11 Å². The number of carboxylic acid groups (broad SMARTS) is 1. The van der Waals surface area contributed by atoms with Gasteiger partial charge in [0.25, 0.3) is 0 Å². The van der Waals surface area contributed by atoms with E-state index in [9.17, 15) is 9.59 Å². The Morgan fingerprint density at radius 1 is 1.37 bits per heavy atom. The summed E-state index contributed by atoms with van der Waals surface area (Å²) in [4.78, 5) is 23.9. The van der Waals surface area contributed by atoms with Crippen LogP contribution in [0.5, 0.6) is 0 Å². The lowest BCUT2D eigenvalue weighted by molar-refractivity contribution is -0.140. The van der Waals surface area contributed by atoms with Crippen LogP contribution in [0.25, 0.3) is 0 Å². The van der Waals surface area contributed by atoms with Crippen molar-refractivity contribution in [2.75, 3.05) is 0 Å². The maximum Gasteiger partial charge on any atom is 0.326 e. The van der Waals surface area contributed by atoms with Crippen molar-refractivity contribution in [3.8, 4) is 0 Å². The lowest BCUT2D eigenvalue weighted by atomic mass is 10.1. The SMILES string of the molecule is CCC(NC(=O)NC(C(=O)O)C(C)C)c1cccs1. The van der Waals surface area contributed by atoms with Gasteiger partial charge in [-0.2, -0.15) is 0 Å². The standard InChI is InChI=1S/C13H20N2O3S/c1-4-9(10-6-5-7-19-10)14-13(18)15-11(8(2)3)12(16)17/h5-9,11H,4H2,1-3H3,(H,16,17)(H2,14,15,18). The van der Waals surface area contributed by atoms with Gasteiger partial charge in [-0.15, -0.1) is 11.3 Å². The van der Waals surface area contributed by atoms with Crippen molar-refractivity contribution in [1.82, 2.24) is 10.6 Å². The number of hydrogen-bond donors (Lipinski definition) is 3. The van der Waals surface area contributed by atoms with Crippen LogP contribution in [0.2, 0.25) is 0 Å². The molecule has 2 unspecified atom stereocenters. The minimum atomic E-state index is -1.02. The molecule has 0 spiro atoms. The third-order valence-corrected chi connectivity index (χ3v) is 3.81. The van der Waals surface area contributed by atoms with Crippen molar-refractivity contribution in [2.24, 2.45) is 5.92 Å². The zero-order valence-electron chi connectivity index (χ0n) is 11.3. The Kier molecular flexibility index (Phi) is 5.82. The largest absolute Gasteiger partial charge is 0.480 e. The monoisotopic (exact) mass is 284 g/mol. The van der Waals surface area contributed by atoms with Crippen LogP contribution in [0.15, 0.2) is 17.5 Å². The highest BCUT2D eigenvalue weighted by Crippen LogP contribution is 2.21. The molecule has 0 aromatic carbocycles. The average Bonchev–Trinajstić information content (AvgIpc) is 2.85. The number of carboxylic acids is 1. The van der Waals surface area contributed by atoms with Crippen molar-refractivity contribution >= 4 is 23.3 Å². The maximum atomic E-state index is 11.8. The Bertz CT molecular complexity index is 418. The van der Waals surface area contributed by atoms with Crippen LogP contribution in [0.4, 0.5) is 4.79 Å². The predicted octanol–water partition coefficient (Wildman–Crippen LogP) is 2.61. The van der Waals surface area contributed by atoms with E-state index in [1.165, 1.54) is 0 Å². The molecule has 6 heteroatoms. The van der Waals surface area contributed by atoms with Crippen LogP contribution in [0, 0.1) is 5.92 Å². The molecule has 0 aliphatic carbocycles. The van der Waals surface area contributed by atoms with Crippen molar-refractivity contribution < 1.29 is 14.7 Å². The second kappa shape index (κ2) is 7.13. The van der Waals surface area contributed by atoms with E-state index in [1.54, 1.807) is 25.2 Å². The van der Waals surface area contributed by atoms with Crippen LogP contribution < -0.4 is 10.6 Å². The number of carbonyl (C=O) groups is 2. The van der Waals surface area contributed by atoms with Crippen LogP contribution >= 0.6 is 11.3 Å². The molecule has 1 aromatic heterocycles. The molecule has 5 nitrogen and oxygen atoms in total.